The molecule has 1 saturated heterocycles. The molecule has 0 atom stereocenters. The summed E-state index contributed by atoms with van der Waals surface area (Å²) in [6.07, 6.45) is 3.69. The first kappa shape index (κ1) is 16.4. The first-order valence-corrected chi connectivity index (χ1v) is 8.68. The zero-order chi connectivity index (χ0) is 18.3. The fourth-order valence-corrected chi connectivity index (χ4v) is 3.79. The van der Waals surface area contributed by atoms with E-state index in [-0.39, 0.29) is 10.6 Å². The van der Waals surface area contributed by atoms with Crippen LogP contribution >= 0.6 is 0 Å². The van der Waals surface area contributed by atoms with Gasteiger partial charge in [0.1, 0.15) is 12.2 Å². The largest absolute Gasteiger partial charge is 0.371 e. The molecule has 0 N–H and O–H groups in total. The third kappa shape index (κ3) is 2.77. The number of pyridine rings is 1. The number of aromatic nitrogens is 4. The average Bonchev–Trinajstić information content (AvgIpc) is 3.06. The molecule has 0 bridgehead atoms. The molecular formula is C18H20N6O2. The Bertz CT molecular complexity index is 975. The smallest absolute Gasteiger partial charge is 0.295 e. The molecule has 1 fully saturated rings. The molecule has 2 aromatic heterocycles. The Hall–Kier alpha value is -3.03. The second-order valence-corrected chi connectivity index (χ2v) is 6.77. The van der Waals surface area contributed by atoms with Gasteiger partial charge in [0.2, 0.25) is 0 Å². The van der Waals surface area contributed by atoms with E-state index in [2.05, 4.69) is 20.1 Å². The first-order chi connectivity index (χ1) is 12.5. The summed E-state index contributed by atoms with van der Waals surface area (Å²) in [5, 5.41) is 20.4. The van der Waals surface area contributed by atoms with Crippen LogP contribution in [-0.2, 0) is 7.05 Å². The Labute approximate surface area is 150 Å². The molecule has 4 rings (SSSR count). The van der Waals surface area contributed by atoms with E-state index in [1.807, 2.05) is 30.7 Å². The van der Waals surface area contributed by atoms with Crippen LogP contribution in [0.2, 0.25) is 0 Å². The number of rotatable bonds is 3. The number of non-ortho nitro benzene ring substituents is 1. The van der Waals surface area contributed by atoms with E-state index < -0.39 is 0 Å². The number of fused-ring (bicyclic) bond motifs is 1. The summed E-state index contributed by atoms with van der Waals surface area (Å²) in [7, 11) is 1.97. The summed E-state index contributed by atoms with van der Waals surface area (Å²) < 4.78 is 1.98. The van der Waals surface area contributed by atoms with Crippen molar-refractivity contribution in [2.24, 2.45) is 7.05 Å². The minimum absolute atomic E-state index is 0.0569. The molecule has 0 spiro atoms. The number of benzene rings is 1. The first-order valence-electron chi connectivity index (χ1n) is 8.68. The number of hydrogen-bond acceptors (Lipinski definition) is 6. The van der Waals surface area contributed by atoms with Gasteiger partial charge in [0.05, 0.1) is 4.92 Å². The van der Waals surface area contributed by atoms with Gasteiger partial charge in [-0.05, 0) is 25.8 Å². The normalized spacial score (nSPS) is 15.5. The van der Waals surface area contributed by atoms with E-state index in [4.69, 9.17) is 0 Å². The lowest BCUT2D eigenvalue weighted by atomic mass is 9.95. The molecule has 0 saturated carbocycles. The number of piperidine rings is 1. The minimum atomic E-state index is -0.362. The summed E-state index contributed by atoms with van der Waals surface area (Å²) >= 11 is 0. The van der Waals surface area contributed by atoms with Gasteiger partial charge in [-0.15, -0.1) is 10.2 Å². The second-order valence-electron chi connectivity index (χ2n) is 6.77. The lowest BCUT2D eigenvalue weighted by Crippen LogP contribution is -2.33. The Balaban J connectivity index is 1.67. The summed E-state index contributed by atoms with van der Waals surface area (Å²) in [5.41, 5.74) is 2.33. The van der Waals surface area contributed by atoms with Crippen molar-refractivity contribution >= 4 is 22.3 Å². The van der Waals surface area contributed by atoms with Crippen LogP contribution in [0.3, 0.4) is 0 Å². The molecule has 134 valence electrons. The number of anilines is 1. The lowest BCUT2D eigenvalue weighted by molar-refractivity contribution is -0.383. The van der Waals surface area contributed by atoms with Crippen molar-refractivity contribution in [2.45, 2.75) is 25.7 Å². The van der Waals surface area contributed by atoms with E-state index >= 15 is 0 Å². The molecule has 0 unspecified atom stereocenters. The Kier molecular flexibility index (Phi) is 4.02. The fraction of sp³-hybridized carbons (Fsp3) is 0.389. The lowest BCUT2D eigenvalue weighted by Gasteiger charge is -2.33. The van der Waals surface area contributed by atoms with Gasteiger partial charge >= 0.3 is 0 Å². The van der Waals surface area contributed by atoms with Crippen LogP contribution in [0, 0.1) is 17.0 Å². The van der Waals surface area contributed by atoms with Crippen molar-refractivity contribution < 1.29 is 4.92 Å². The number of para-hydroxylation sites is 1. The maximum atomic E-state index is 11.4. The summed E-state index contributed by atoms with van der Waals surface area (Å²) in [5.74, 6) is 1.42. The highest BCUT2D eigenvalue weighted by Crippen LogP contribution is 2.35. The van der Waals surface area contributed by atoms with Crippen molar-refractivity contribution in [3.8, 4) is 0 Å². The van der Waals surface area contributed by atoms with Crippen LogP contribution in [-0.4, -0.2) is 37.8 Å². The quantitative estimate of drug-likeness (QED) is 0.532. The van der Waals surface area contributed by atoms with Crippen LogP contribution in [0.15, 0.2) is 30.6 Å². The topological polar surface area (TPSA) is 90.0 Å². The zero-order valence-corrected chi connectivity index (χ0v) is 14.8. The van der Waals surface area contributed by atoms with Crippen molar-refractivity contribution in [2.75, 3.05) is 18.0 Å². The molecule has 0 aliphatic carbocycles. The van der Waals surface area contributed by atoms with Crippen LogP contribution in [0.1, 0.15) is 30.3 Å². The van der Waals surface area contributed by atoms with Gasteiger partial charge in [0, 0.05) is 48.9 Å². The van der Waals surface area contributed by atoms with Crippen molar-refractivity contribution in [1.29, 1.82) is 0 Å². The fourth-order valence-electron chi connectivity index (χ4n) is 3.79. The van der Waals surface area contributed by atoms with E-state index in [9.17, 15) is 10.1 Å². The minimum Gasteiger partial charge on any atom is -0.371 e. The van der Waals surface area contributed by atoms with Crippen LogP contribution in [0.5, 0.6) is 0 Å². The SMILES string of the molecule is Cc1cc(N2CCC(c3nncn3C)CC2)c2cccc([N+](=O)[O-])c2n1. The summed E-state index contributed by atoms with van der Waals surface area (Å²) in [6.45, 7) is 3.63. The number of aryl methyl sites for hydroxylation is 2. The maximum Gasteiger partial charge on any atom is 0.295 e. The number of nitro benzene ring substituents is 1. The molecule has 3 aromatic rings. The number of nitro groups is 1. The van der Waals surface area contributed by atoms with E-state index in [1.165, 1.54) is 6.07 Å². The number of hydrogen-bond donors (Lipinski definition) is 0. The third-order valence-electron chi connectivity index (χ3n) is 5.07. The van der Waals surface area contributed by atoms with Gasteiger partial charge in [0.25, 0.3) is 5.69 Å². The predicted octanol–water partition coefficient (Wildman–Crippen LogP) is 2.96. The second kappa shape index (κ2) is 6.36. The monoisotopic (exact) mass is 352 g/mol. The predicted molar refractivity (Wildman–Crippen MR) is 98.3 cm³/mol. The van der Waals surface area contributed by atoms with Crippen LogP contribution < -0.4 is 4.90 Å². The third-order valence-corrected chi connectivity index (χ3v) is 5.07. The average molecular weight is 352 g/mol. The van der Waals surface area contributed by atoms with Gasteiger partial charge in [-0.25, -0.2) is 4.98 Å². The number of nitrogens with zero attached hydrogens (tertiary/aromatic N) is 6. The highest BCUT2D eigenvalue weighted by atomic mass is 16.6. The Morgan fingerprint density at radius 2 is 2.04 bits per heavy atom. The molecule has 0 radical (unpaired) electrons. The standard InChI is InChI=1S/C18H20N6O2/c1-12-10-16(14-4-3-5-15(24(25)26)17(14)20-12)23-8-6-13(7-9-23)18-21-19-11-22(18)2/h3-5,10-11,13H,6-9H2,1-2H3. The van der Waals surface area contributed by atoms with Gasteiger partial charge in [-0.3, -0.25) is 10.1 Å². The molecule has 1 aliphatic heterocycles. The highest BCUT2D eigenvalue weighted by Gasteiger charge is 2.26. The van der Waals surface area contributed by atoms with Crippen LogP contribution in [0.25, 0.3) is 10.9 Å². The van der Waals surface area contributed by atoms with Crippen molar-refractivity contribution in [1.82, 2.24) is 19.7 Å². The Morgan fingerprint density at radius 1 is 1.27 bits per heavy atom. The van der Waals surface area contributed by atoms with E-state index in [0.717, 1.165) is 48.5 Å². The van der Waals surface area contributed by atoms with Gasteiger partial charge < -0.3 is 9.47 Å². The van der Waals surface area contributed by atoms with Gasteiger partial charge in [-0.1, -0.05) is 12.1 Å². The van der Waals surface area contributed by atoms with Crippen molar-refractivity contribution in [3.05, 3.63) is 52.2 Å². The van der Waals surface area contributed by atoms with Crippen molar-refractivity contribution in [3.63, 3.8) is 0 Å². The molecular weight excluding hydrogens is 332 g/mol. The van der Waals surface area contributed by atoms with E-state index in [1.54, 1.807) is 12.4 Å². The van der Waals surface area contributed by atoms with Crippen LogP contribution in [0.4, 0.5) is 11.4 Å². The molecule has 8 nitrogen and oxygen atoms in total. The van der Waals surface area contributed by atoms with E-state index in [0.29, 0.717) is 11.4 Å². The summed E-state index contributed by atoms with van der Waals surface area (Å²) in [6, 6.07) is 7.18. The molecule has 0 amide bonds. The molecule has 3 heterocycles. The van der Waals surface area contributed by atoms with Gasteiger partial charge in [0.15, 0.2) is 5.52 Å². The molecule has 8 heteroatoms. The van der Waals surface area contributed by atoms with Gasteiger partial charge in [-0.2, -0.15) is 0 Å². The maximum absolute atomic E-state index is 11.4. The molecule has 26 heavy (non-hydrogen) atoms. The molecule has 1 aromatic carbocycles. The Morgan fingerprint density at radius 3 is 2.69 bits per heavy atom. The highest BCUT2D eigenvalue weighted by molar-refractivity contribution is 5.97. The zero-order valence-electron chi connectivity index (χ0n) is 14.8. The molecule has 1 aliphatic rings. The summed E-state index contributed by atoms with van der Waals surface area (Å²) in [4.78, 5) is 17.7.